The van der Waals surface area contributed by atoms with E-state index in [1.54, 1.807) is 6.92 Å². The minimum Gasteiger partial charge on any atom is -0.347 e. The third-order valence-electron chi connectivity index (χ3n) is 3.06. The topological polar surface area (TPSA) is 48.0 Å². The van der Waals surface area contributed by atoms with E-state index >= 15 is 0 Å². The van der Waals surface area contributed by atoms with E-state index in [1.807, 2.05) is 42.8 Å². The second kappa shape index (κ2) is 3.76. The van der Waals surface area contributed by atoms with E-state index in [2.05, 4.69) is 0 Å². The molecule has 0 aliphatic rings. The first-order valence-electron chi connectivity index (χ1n) is 5.38. The van der Waals surface area contributed by atoms with Gasteiger partial charge in [0.05, 0.1) is 6.04 Å². The van der Waals surface area contributed by atoms with Crippen molar-refractivity contribution in [3.63, 3.8) is 0 Å². The van der Waals surface area contributed by atoms with E-state index in [1.165, 1.54) is 0 Å². The summed E-state index contributed by atoms with van der Waals surface area (Å²) in [7, 11) is 1.97. The lowest BCUT2D eigenvalue weighted by molar-refractivity contribution is 0.0969. The van der Waals surface area contributed by atoms with E-state index in [4.69, 9.17) is 5.73 Å². The average molecular weight is 216 g/mol. The zero-order valence-corrected chi connectivity index (χ0v) is 9.82. The molecule has 0 bridgehead atoms. The third-order valence-corrected chi connectivity index (χ3v) is 3.06. The number of aryl methyl sites for hydroxylation is 1. The molecule has 1 unspecified atom stereocenters. The van der Waals surface area contributed by atoms with Gasteiger partial charge in [0.25, 0.3) is 0 Å². The lowest BCUT2D eigenvalue weighted by Crippen LogP contribution is -2.27. The Morgan fingerprint density at radius 3 is 2.62 bits per heavy atom. The number of fused-ring (bicyclic) bond motifs is 1. The first-order chi connectivity index (χ1) is 7.54. The Kier molecular flexibility index (Phi) is 2.56. The fourth-order valence-electron chi connectivity index (χ4n) is 2.06. The van der Waals surface area contributed by atoms with Crippen LogP contribution in [-0.2, 0) is 7.05 Å². The third kappa shape index (κ3) is 1.44. The molecule has 0 saturated heterocycles. The number of aromatic nitrogens is 1. The molecule has 1 aromatic heterocycles. The van der Waals surface area contributed by atoms with Crippen LogP contribution in [0, 0.1) is 6.92 Å². The Bertz CT molecular complexity index is 552. The van der Waals surface area contributed by atoms with Gasteiger partial charge in [-0.15, -0.1) is 0 Å². The van der Waals surface area contributed by atoms with Gasteiger partial charge in [0.2, 0.25) is 0 Å². The number of nitrogens with two attached hydrogens (primary N) is 1. The van der Waals surface area contributed by atoms with Gasteiger partial charge in [-0.2, -0.15) is 0 Å². The molecule has 0 aliphatic carbocycles. The summed E-state index contributed by atoms with van der Waals surface area (Å²) in [6.07, 6.45) is 0. The number of nitrogens with zero attached hydrogens (tertiary/aromatic N) is 1. The number of carbonyl (C=O) groups is 1. The zero-order valence-electron chi connectivity index (χ0n) is 9.82. The summed E-state index contributed by atoms with van der Waals surface area (Å²) in [5, 5.41) is 0.991. The van der Waals surface area contributed by atoms with Crippen LogP contribution in [0.15, 0.2) is 24.3 Å². The number of para-hydroxylation sites is 1. The molecule has 0 aliphatic heterocycles. The largest absolute Gasteiger partial charge is 0.347 e. The highest BCUT2D eigenvalue weighted by Gasteiger charge is 2.20. The van der Waals surface area contributed by atoms with E-state index in [-0.39, 0.29) is 5.78 Å². The molecule has 0 radical (unpaired) electrons. The maximum atomic E-state index is 12.1. The van der Waals surface area contributed by atoms with Gasteiger partial charge >= 0.3 is 0 Å². The molecule has 3 nitrogen and oxygen atoms in total. The van der Waals surface area contributed by atoms with Gasteiger partial charge in [-0.1, -0.05) is 18.2 Å². The number of Topliss-reactive ketones (excluding diaryl/α,β-unsaturated/α-hetero) is 1. The highest BCUT2D eigenvalue weighted by atomic mass is 16.1. The Morgan fingerprint density at radius 1 is 1.38 bits per heavy atom. The summed E-state index contributed by atoms with van der Waals surface area (Å²) in [6, 6.07) is 7.45. The second-order valence-corrected chi connectivity index (χ2v) is 4.19. The van der Waals surface area contributed by atoms with Crippen LogP contribution in [0.5, 0.6) is 0 Å². The molecule has 16 heavy (non-hydrogen) atoms. The summed E-state index contributed by atoms with van der Waals surface area (Å²) in [5.41, 5.74) is 8.48. The van der Waals surface area contributed by atoms with E-state index < -0.39 is 6.04 Å². The molecule has 3 heteroatoms. The van der Waals surface area contributed by atoms with Crippen molar-refractivity contribution >= 4 is 16.7 Å². The van der Waals surface area contributed by atoms with Gasteiger partial charge in [0.15, 0.2) is 5.78 Å². The Hall–Kier alpha value is -1.61. The molecule has 1 aromatic carbocycles. The number of hydrogen-bond donors (Lipinski definition) is 1. The second-order valence-electron chi connectivity index (χ2n) is 4.19. The first kappa shape index (κ1) is 10.9. The van der Waals surface area contributed by atoms with Crippen LogP contribution in [0.3, 0.4) is 0 Å². The molecule has 0 spiro atoms. The van der Waals surface area contributed by atoms with E-state index in [0.29, 0.717) is 0 Å². The predicted molar refractivity (Wildman–Crippen MR) is 65.6 cm³/mol. The monoisotopic (exact) mass is 216 g/mol. The number of hydrogen-bond acceptors (Lipinski definition) is 2. The Morgan fingerprint density at radius 2 is 2.00 bits per heavy atom. The van der Waals surface area contributed by atoms with Crippen molar-refractivity contribution in [2.75, 3.05) is 0 Å². The van der Waals surface area contributed by atoms with Gasteiger partial charge in [-0.25, -0.2) is 0 Å². The summed E-state index contributed by atoms with van der Waals surface area (Å²) in [6.45, 7) is 3.68. The minimum atomic E-state index is -0.454. The SMILES string of the molecule is Cc1c(C(=O)C(C)N)c2ccccc2n1C. The lowest BCUT2D eigenvalue weighted by atomic mass is 10.0. The van der Waals surface area contributed by atoms with Gasteiger partial charge in [-0.05, 0) is 19.9 Å². The predicted octanol–water partition coefficient (Wildman–Crippen LogP) is 2.02. The van der Waals surface area contributed by atoms with Gasteiger partial charge in [-0.3, -0.25) is 4.79 Å². The summed E-state index contributed by atoms with van der Waals surface area (Å²) >= 11 is 0. The number of ketones is 1. The molecule has 1 atom stereocenters. The first-order valence-corrected chi connectivity index (χ1v) is 5.38. The standard InChI is InChI=1S/C13H16N2O/c1-8(14)13(16)12-9(2)15(3)11-7-5-4-6-10(11)12/h4-8H,14H2,1-3H3. The summed E-state index contributed by atoms with van der Waals surface area (Å²) in [4.78, 5) is 12.1. The molecule has 0 saturated carbocycles. The van der Waals surface area contributed by atoms with Crippen molar-refractivity contribution in [3.05, 3.63) is 35.5 Å². The number of rotatable bonds is 2. The van der Waals surface area contributed by atoms with Crippen molar-refractivity contribution in [1.82, 2.24) is 4.57 Å². The fraction of sp³-hybridized carbons (Fsp3) is 0.308. The molecule has 0 amide bonds. The Labute approximate surface area is 94.9 Å². The maximum Gasteiger partial charge on any atom is 0.181 e. The van der Waals surface area contributed by atoms with Crippen LogP contribution in [0.2, 0.25) is 0 Å². The van der Waals surface area contributed by atoms with Crippen LogP contribution >= 0.6 is 0 Å². The van der Waals surface area contributed by atoms with Crippen molar-refractivity contribution in [1.29, 1.82) is 0 Å². The van der Waals surface area contributed by atoms with Gasteiger partial charge < -0.3 is 10.3 Å². The molecule has 84 valence electrons. The Balaban J connectivity index is 2.79. The smallest absolute Gasteiger partial charge is 0.181 e. The summed E-state index contributed by atoms with van der Waals surface area (Å²) in [5.74, 6) is 0.00861. The molecule has 2 N–H and O–H groups in total. The van der Waals surface area contributed by atoms with Crippen molar-refractivity contribution in [2.24, 2.45) is 12.8 Å². The lowest BCUT2D eigenvalue weighted by Gasteiger charge is -2.04. The summed E-state index contributed by atoms with van der Waals surface area (Å²) < 4.78 is 2.03. The molecule has 2 aromatic rings. The van der Waals surface area contributed by atoms with Crippen LogP contribution in [0.4, 0.5) is 0 Å². The molecule has 2 rings (SSSR count). The fourth-order valence-corrected chi connectivity index (χ4v) is 2.06. The number of carbonyl (C=O) groups excluding carboxylic acids is 1. The van der Waals surface area contributed by atoms with Crippen LogP contribution in [0.1, 0.15) is 23.0 Å². The van der Waals surface area contributed by atoms with Crippen molar-refractivity contribution in [2.45, 2.75) is 19.9 Å². The zero-order chi connectivity index (χ0) is 11.9. The van der Waals surface area contributed by atoms with Gasteiger partial charge in [0, 0.05) is 29.2 Å². The van der Waals surface area contributed by atoms with Crippen molar-refractivity contribution in [3.8, 4) is 0 Å². The highest BCUT2D eigenvalue weighted by molar-refractivity contribution is 6.11. The molecule has 1 heterocycles. The average Bonchev–Trinajstić information content (AvgIpc) is 2.52. The maximum absolute atomic E-state index is 12.1. The van der Waals surface area contributed by atoms with E-state index in [9.17, 15) is 4.79 Å². The minimum absolute atomic E-state index is 0.00861. The molecular weight excluding hydrogens is 200 g/mol. The molecular formula is C13H16N2O. The van der Waals surface area contributed by atoms with Crippen molar-refractivity contribution < 1.29 is 4.79 Å². The van der Waals surface area contributed by atoms with E-state index in [0.717, 1.165) is 22.2 Å². The van der Waals surface area contributed by atoms with Crippen LogP contribution < -0.4 is 5.73 Å². The molecule has 0 fully saturated rings. The van der Waals surface area contributed by atoms with Crippen LogP contribution in [-0.4, -0.2) is 16.4 Å². The van der Waals surface area contributed by atoms with Crippen LogP contribution in [0.25, 0.3) is 10.9 Å². The highest BCUT2D eigenvalue weighted by Crippen LogP contribution is 2.25. The normalized spacial score (nSPS) is 13.0. The van der Waals surface area contributed by atoms with Gasteiger partial charge in [0.1, 0.15) is 0 Å². The number of benzene rings is 1. The quantitative estimate of drug-likeness (QED) is 0.781.